The lowest BCUT2D eigenvalue weighted by Crippen LogP contribution is -2.60. The third-order valence-corrected chi connectivity index (χ3v) is 8.05. The van der Waals surface area contributed by atoms with Crippen LogP contribution in [0.5, 0.6) is 0 Å². The van der Waals surface area contributed by atoms with Gasteiger partial charge in [-0.25, -0.2) is 8.42 Å². The maximum atomic E-state index is 13.2. The van der Waals surface area contributed by atoms with Gasteiger partial charge in [0.25, 0.3) is 0 Å². The Morgan fingerprint density at radius 2 is 1.79 bits per heavy atom. The summed E-state index contributed by atoms with van der Waals surface area (Å²) in [4.78, 5) is 13.2. The normalized spacial score (nSPS) is 28.7. The van der Waals surface area contributed by atoms with E-state index in [1.165, 1.54) is 0 Å². The molecule has 2 aliphatic heterocycles. The molecule has 28 heavy (non-hydrogen) atoms. The van der Waals surface area contributed by atoms with Crippen LogP contribution in [0, 0.1) is 13.8 Å². The number of rotatable bonds is 5. The Kier molecular flexibility index (Phi) is 6.10. The van der Waals surface area contributed by atoms with Gasteiger partial charge in [-0.2, -0.15) is 4.72 Å². The first-order valence-electron chi connectivity index (χ1n) is 9.83. The number of nitrogens with one attached hydrogen (secondary N) is 3. The first-order valence-corrected chi connectivity index (χ1v) is 11.3. The SMILES string of the molecule is Cc1noc(C)c1S(=O)(=O)NC1(C(=O)NC2CC3CCC(C2)N3)CCCC1.Cl. The second-order valence-corrected chi connectivity index (χ2v) is 9.95. The van der Waals surface area contributed by atoms with Gasteiger partial charge in [-0.1, -0.05) is 18.0 Å². The Morgan fingerprint density at radius 1 is 1.18 bits per heavy atom. The molecule has 2 atom stereocenters. The summed E-state index contributed by atoms with van der Waals surface area (Å²) >= 11 is 0. The smallest absolute Gasteiger partial charge is 0.246 e. The average molecular weight is 433 g/mol. The Bertz CT molecular complexity index is 803. The summed E-state index contributed by atoms with van der Waals surface area (Å²) in [6, 6.07) is 1.04. The highest BCUT2D eigenvalue weighted by atomic mass is 35.5. The van der Waals surface area contributed by atoms with Crippen LogP contribution in [0.4, 0.5) is 0 Å². The van der Waals surface area contributed by atoms with E-state index in [9.17, 15) is 13.2 Å². The number of hydrogen-bond acceptors (Lipinski definition) is 6. The summed E-state index contributed by atoms with van der Waals surface area (Å²) in [5, 5.41) is 10.5. The number of piperidine rings is 1. The second kappa shape index (κ2) is 7.93. The molecule has 0 aromatic carbocycles. The number of aromatic nitrogens is 1. The van der Waals surface area contributed by atoms with E-state index >= 15 is 0 Å². The number of fused-ring (bicyclic) bond motifs is 2. The van der Waals surface area contributed by atoms with Crippen LogP contribution in [0.2, 0.25) is 0 Å². The topological polar surface area (TPSA) is 113 Å². The molecule has 1 saturated carbocycles. The van der Waals surface area contributed by atoms with E-state index < -0.39 is 15.6 Å². The number of carbonyl (C=O) groups is 1. The van der Waals surface area contributed by atoms with Crippen LogP contribution in [0.3, 0.4) is 0 Å². The van der Waals surface area contributed by atoms with Gasteiger partial charge >= 0.3 is 0 Å². The van der Waals surface area contributed by atoms with Gasteiger partial charge in [0, 0.05) is 18.1 Å². The predicted molar refractivity (Wildman–Crippen MR) is 106 cm³/mol. The maximum absolute atomic E-state index is 13.2. The van der Waals surface area contributed by atoms with Crippen molar-refractivity contribution in [2.45, 2.75) is 93.8 Å². The van der Waals surface area contributed by atoms with E-state index in [1.807, 2.05) is 0 Å². The molecule has 2 unspecified atom stereocenters. The number of carbonyl (C=O) groups excluding carboxylic acids is 1. The fourth-order valence-corrected chi connectivity index (χ4v) is 6.77. The lowest BCUT2D eigenvalue weighted by atomic mass is 9.94. The molecule has 3 aliphatic rings. The minimum Gasteiger partial charge on any atom is -0.360 e. The van der Waals surface area contributed by atoms with E-state index in [4.69, 9.17) is 4.52 Å². The van der Waals surface area contributed by atoms with Gasteiger partial charge < -0.3 is 15.2 Å². The first-order chi connectivity index (χ1) is 12.8. The van der Waals surface area contributed by atoms with Gasteiger partial charge in [-0.3, -0.25) is 4.79 Å². The van der Waals surface area contributed by atoms with Gasteiger partial charge in [-0.15, -0.1) is 12.4 Å². The van der Waals surface area contributed by atoms with Crippen molar-refractivity contribution in [1.29, 1.82) is 0 Å². The Hall–Kier alpha value is -1.16. The van der Waals surface area contributed by atoms with E-state index in [2.05, 4.69) is 20.5 Å². The molecular weight excluding hydrogens is 404 g/mol. The van der Waals surface area contributed by atoms with Crippen LogP contribution in [0.15, 0.2) is 9.42 Å². The highest BCUT2D eigenvalue weighted by Gasteiger charge is 2.47. The van der Waals surface area contributed by atoms with Crippen LogP contribution in [0.25, 0.3) is 0 Å². The third-order valence-electron chi connectivity index (χ3n) is 6.27. The monoisotopic (exact) mass is 432 g/mol. The van der Waals surface area contributed by atoms with E-state index in [0.717, 1.165) is 38.5 Å². The fraction of sp³-hybridized carbons (Fsp3) is 0.778. The maximum Gasteiger partial charge on any atom is 0.246 e. The molecule has 0 spiro atoms. The predicted octanol–water partition coefficient (Wildman–Crippen LogP) is 1.70. The lowest BCUT2D eigenvalue weighted by molar-refractivity contribution is -0.127. The van der Waals surface area contributed by atoms with Gasteiger partial charge in [0.05, 0.1) is 0 Å². The first kappa shape index (κ1) is 21.5. The summed E-state index contributed by atoms with van der Waals surface area (Å²) < 4.78 is 33.8. The Morgan fingerprint density at radius 3 is 2.32 bits per heavy atom. The van der Waals surface area contributed by atoms with Crippen molar-refractivity contribution in [3.63, 3.8) is 0 Å². The van der Waals surface area contributed by atoms with Crippen molar-refractivity contribution in [3.8, 4) is 0 Å². The van der Waals surface area contributed by atoms with Gasteiger partial charge in [0.15, 0.2) is 5.76 Å². The zero-order chi connectivity index (χ0) is 19.2. The summed E-state index contributed by atoms with van der Waals surface area (Å²) in [6.07, 6.45) is 6.81. The number of aryl methyl sites for hydroxylation is 2. The van der Waals surface area contributed by atoms with Crippen molar-refractivity contribution in [2.24, 2.45) is 0 Å². The highest BCUT2D eigenvalue weighted by Crippen LogP contribution is 2.34. The van der Waals surface area contributed by atoms with Crippen molar-refractivity contribution in [2.75, 3.05) is 0 Å². The zero-order valence-electron chi connectivity index (χ0n) is 16.3. The van der Waals surface area contributed by atoms with Crippen molar-refractivity contribution < 1.29 is 17.7 Å². The van der Waals surface area contributed by atoms with Crippen molar-refractivity contribution >= 4 is 28.3 Å². The van der Waals surface area contributed by atoms with Gasteiger partial charge in [0.2, 0.25) is 15.9 Å². The largest absolute Gasteiger partial charge is 0.360 e. The molecule has 10 heteroatoms. The number of hydrogen-bond donors (Lipinski definition) is 3. The molecule has 3 fully saturated rings. The second-order valence-electron chi connectivity index (χ2n) is 8.33. The van der Waals surface area contributed by atoms with E-state index in [-0.39, 0.29) is 35.0 Å². The van der Waals surface area contributed by atoms with Crippen LogP contribution in [-0.2, 0) is 14.8 Å². The summed E-state index contributed by atoms with van der Waals surface area (Å²) in [6.45, 7) is 3.16. The molecule has 0 radical (unpaired) electrons. The molecule has 1 aromatic rings. The summed E-state index contributed by atoms with van der Waals surface area (Å²) in [5.74, 6) is 0.0464. The number of nitrogens with zero attached hydrogens (tertiary/aromatic N) is 1. The number of halogens is 1. The average Bonchev–Trinajstić information content (AvgIpc) is 3.28. The van der Waals surface area contributed by atoms with E-state index in [0.29, 0.717) is 30.6 Å². The molecule has 2 saturated heterocycles. The van der Waals surface area contributed by atoms with Crippen LogP contribution < -0.4 is 15.4 Å². The molecule has 1 amide bonds. The number of sulfonamides is 1. The molecule has 4 rings (SSSR count). The molecule has 1 aliphatic carbocycles. The summed E-state index contributed by atoms with van der Waals surface area (Å²) in [5.41, 5.74) is -0.776. The van der Waals surface area contributed by atoms with Crippen LogP contribution >= 0.6 is 12.4 Å². The minimum absolute atomic E-state index is 0. The van der Waals surface area contributed by atoms with Crippen LogP contribution in [-0.4, -0.2) is 43.1 Å². The third kappa shape index (κ3) is 3.94. The van der Waals surface area contributed by atoms with E-state index in [1.54, 1.807) is 13.8 Å². The zero-order valence-corrected chi connectivity index (χ0v) is 17.9. The Labute approximate surface area is 172 Å². The molecule has 2 bridgehead atoms. The van der Waals surface area contributed by atoms with Gasteiger partial charge in [-0.05, 0) is 52.4 Å². The Balaban J connectivity index is 0.00000225. The lowest BCUT2D eigenvalue weighted by Gasteiger charge is -2.34. The number of amides is 1. The van der Waals surface area contributed by atoms with Crippen molar-refractivity contribution in [1.82, 2.24) is 20.5 Å². The summed E-state index contributed by atoms with van der Waals surface area (Å²) in [7, 11) is -3.89. The molecule has 3 heterocycles. The molecular formula is C18H29ClN4O4S. The van der Waals surface area contributed by atoms with Gasteiger partial charge in [0.1, 0.15) is 16.1 Å². The molecule has 1 aromatic heterocycles. The highest BCUT2D eigenvalue weighted by molar-refractivity contribution is 7.89. The minimum atomic E-state index is -3.89. The van der Waals surface area contributed by atoms with Crippen molar-refractivity contribution in [3.05, 3.63) is 11.5 Å². The quantitative estimate of drug-likeness (QED) is 0.652. The molecule has 158 valence electrons. The molecule has 8 nitrogen and oxygen atoms in total. The molecule has 3 N–H and O–H groups in total. The fourth-order valence-electron chi connectivity index (χ4n) is 5.02. The standard InChI is InChI=1S/C18H28N4O4S.ClH/c1-11-16(12(2)26-21-11)27(24,25)22-18(7-3-4-8-18)17(23)20-15-9-13-5-6-14(10-15)19-13;/h13-15,19,22H,3-10H2,1-2H3,(H,20,23);1H. The van der Waals surface area contributed by atoms with Crippen LogP contribution in [0.1, 0.15) is 62.8 Å².